The van der Waals surface area contributed by atoms with E-state index in [1.807, 2.05) is 7.05 Å². The molecule has 1 aromatic carbocycles. The van der Waals surface area contributed by atoms with Crippen LogP contribution in [-0.2, 0) is 6.42 Å². The maximum absolute atomic E-state index is 5.39. The second kappa shape index (κ2) is 7.33. The monoisotopic (exact) mass is 235 g/mol. The van der Waals surface area contributed by atoms with E-state index in [9.17, 15) is 0 Å². The molecule has 0 saturated heterocycles. The first-order valence-corrected chi connectivity index (χ1v) is 6.52. The Balaban J connectivity index is 2.53. The first-order valence-electron chi connectivity index (χ1n) is 6.52. The molecule has 0 aliphatic heterocycles. The summed E-state index contributed by atoms with van der Waals surface area (Å²) in [4.78, 5) is 0. The maximum Gasteiger partial charge on any atom is 0.122 e. The van der Waals surface area contributed by atoms with Crippen LogP contribution in [0.3, 0.4) is 0 Å². The van der Waals surface area contributed by atoms with E-state index in [2.05, 4.69) is 37.4 Å². The molecule has 2 heteroatoms. The van der Waals surface area contributed by atoms with Crippen LogP contribution in [0.1, 0.15) is 37.3 Å². The summed E-state index contributed by atoms with van der Waals surface area (Å²) in [5.41, 5.74) is 2.64. The topological polar surface area (TPSA) is 21.3 Å². The minimum atomic E-state index is 0.644. The zero-order chi connectivity index (χ0) is 12.7. The second-order valence-corrected chi connectivity index (χ2v) is 4.60. The highest BCUT2D eigenvalue weighted by Crippen LogP contribution is 2.22. The highest BCUT2D eigenvalue weighted by molar-refractivity contribution is 5.36. The van der Waals surface area contributed by atoms with Crippen molar-refractivity contribution in [1.29, 1.82) is 0 Å². The predicted molar refractivity (Wildman–Crippen MR) is 73.8 cm³/mol. The van der Waals surface area contributed by atoms with Crippen LogP contribution in [0.2, 0.25) is 0 Å². The van der Waals surface area contributed by atoms with Crippen LogP contribution >= 0.6 is 0 Å². The third-order valence-corrected chi connectivity index (χ3v) is 3.34. The standard InChI is InChI=1S/C15H25NO/c1-5-14(16-3)8-6-7-13-11-12(2)9-10-15(13)17-4/h9-11,14,16H,5-8H2,1-4H3. The van der Waals surface area contributed by atoms with Crippen molar-refractivity contribution in [3.8, 4) is 5.75 Å². The van der Waals surface area contributed by atoms with Crippen molar-refractivity contribution >= 4 is 0 Å². The molecule has 0 aromatic heterocycles. The molecule has 0 aliphatic carbocycles. The third kappa shape index (κ3) is 4.39. The fourth-order valence-electron chi connectivity index (χ4n) is 2.19. The lowest BCUT2D eigenvalue weighted by Crippen LogP contribution is -2.23. The minimum Gasteiger partial charge on any atom is -0.496 e. The molecule has 96 valence electrons. The van der Waals surface area contributed by atoms with Crippen molar-refractivity contribution in [3.05, 3.63) is 29.3 Å². The van der Waals surface area contributed by atoms with E-state index in [-0.39, 0.29) is 0 Å². The number of rotatable bonds is 7. The molecule has 0 saturated carbocycles. The number of aryl methyl sites for hydroxylation is 2. The average molecular weight is 235 g/mol. The molecular weight excluding hydrogens is 210 g/mol. The Hall–Kier alpha value is -1.02. The lowest BCUT2D eigenvalue weighted by Gasteiger charge is -2.14. The zero-order valence-corrected chi connectivity index (χ0v) is 11.5. The van der Waals surface area contributed by atoms with Crippen LogP contribution in [0.4, 0.5) is 0 Å². The molecule has 0 bridgehead atoms. The van der Waals surface area contributed by atoms with Gasteiger partial charge in [-0.3, -0.25) is 0 Å². The Morgan fingerprint density at radius 3 is 2.71 bits per heavy atom. The highest BCUT2D eigenvalue weighted by atomic mass is 16.5. The van der Waals surface area contributed by atoms with Crippen molar-refractivity contribution in [2.24, 2.45) is 0 Å². The van der Waals surface area contributed by atoms with E-state index in [1.54, 1.807) is 7.11 Å². The normalized spacial score (nSPS) is 12.5. The minimum absolute atomic E-state index is 0.644. The van der Waals surface area contributed by atoms with Crippen LogP contribution in [0.15, 0.2) is 18.2 Å². The SMILES string of the molecule is CCC(CCCc1cc(C)ccc1OC)NC. The van der Waals surface area contributed by atoms with Crippen molar-refractivity contribution in [3.63, 3.8) is 0 Å². The van der Waals surface area contributed by atoms with Gasteiger partial charge in [-0.05, 0) is 51.3 Å². The number of nitrogens with one attached hydrogen (secondary N) is 1. The molecule has 1 aromatic rings. The Kier molecular flexibility index (Phi) is 6.06. The summed E-state index contributed by atoms with van der Waals surface area (Å²) >= 11 is 0. The molecule has 17 heavy (non-hydrogen) atoms. The number of hydrogen-bond acceptors (Lipinski definition) is 2. The summed E-state index contributed by atoms with van der Waals surface area (Å²) in [6, 6.07) is 7.05. The fraction of sp³-hybridized carbons (Fsp3) is 0.600. The van der Waals surface area contributed by atoms with Gasteiger partial charge in [0, 0.05) is 6.04 Å². The van der Waals surface area contributed by atoms with Crippen LogP contribution in [0, 0.1) is 6.92 Å². The Morgan fingerprint density at radius 1 is 1.35 bits per heavy atom. The van der Waals surface area contributed by atoms with Gasteiger partial charge in [-0.1, -0.05) is 24.6 Å². The highest BCUT2D eigenvalue weighted by Gasteiger charge is 2.06. The lowest BCUT2D eigenvalue weighted by molar-refractivity contribution is 0.407. The summed E-state index contributed by atoms with van der Waals surface area (Å²) < 4.78 is 5.39. The summed E-state index contributed by atoms with van der Waals surface area (Å²) in [5.74, 6) is 1.02. The molecule has 2 nitrogen and oxygen atoms in total. The van der Waals surface area contributed by atoms with Gasteiger partial charge in [0.1, 0.15) is 5.75 Å². The molecule has 1 rings (SSSR count). The van der Waals surface area contributed by atoms with Crippen molar-refractivity contribution in [2.45, 2.75) is 45.6 Å². The van der Waals surface area contributed by atoms with Gasteiger partial charge in [0.05, 0.1) is 7.11 Å². The Morgan fingerprint density at radius 2 is 2.12 bits per heavy atom. The van der Waals surface area contributed by atoms with Gasteiger partial charge >= 0.3 is 0 Å². The maximum atomic E-state index is 5.39. The van der Waals surface area contributed by atoms with Crippen LogP contribution in [0.5, 0.6) is 5.75 Å². The van der Waals surface area contributed by atoms with Gasteiger partial charge in [0.15, 0.2) is 0 Å². The lowest BCUT2D eigenvalue weighted by atomic mass is 10.0. The number of benzene rings is 1. The van der Waals surface area contributed by atoms with E-state index in [0.29, 0.717) is 6.04 Å². The van der Waals surface area contributed by atoms with E-state index in [0.717, 1.165) is 12.2 Å². The van der Waals surface area contributed by atoms with Gasteiger partial charge in [0.25, 0.3) is 0 Å². The largest absolute Gasteiger partial charge is 0.496 e. The third-order valence-electron chi connectivity index (χ3n) is 3.34. The van der Waals surface area contributed by atoms with Crippen molar-refractivity contribution in [2.75, 3.05) is 14.2 Å². The first-order chi connectivity index (χ1) is 8.21. The van der Waals surface area contributed by atoms with E-state index in [4.69, 9.17) is 4.74 Å². The average Bonchev–Trinajstić information content (AvgIpc) is 2.35. The smallest absolute Gasteiger partial charge is 0.122 e. The van der Waals surface area contributed by atoms with Crippen LogP contribution < -0.4 is 10.1 Å². The molecule has 0 spiro atoms. The number of methoxy groups -OCH3 is 1. The second-order valence-electron chi connectivity index (χ2n) is 4.60. The summed E-state index contributed by atoms with van der Waals surface area (Å²) in [6.07, 6.45) is 4.73. The molecule has 0 radical (unpaired) electrons. The summed E-state index contributed by atoms with van der Waals surface area (Å²) in [6.45, 7) is 4.36. The van der Waals surface area contributed by atoms with Gasteiger partial charge in [-0.2, -0.15) is 0 Å². The van der Waals surface area contributed by atoms with E-state index < -0.39 is 0 Å². The van der Waals surface area contributed by atoms with Gasteiger partial charge in [0.2, 0.25) is 0 Å². The van der Waals surface area contributed by atoms with Gasteiger partial charge in [-0.25, -0.2) is 0 Å². The van der Waals surface area contributed by atoms with E-state index >= 15 is 0 Å². The molecule has 0 aliphatic rings. The number of ether oxygens (including phenoxy) is 1. The van der Waals surface area contributed by atoms with Crippen LogP contribution in [-0.4, -0.2) is 20.2 Å². The molecule has 0 heterocycles. The quantitative estimate of drug-likeness (QED) is 0.782. The van der Waals surface area contributed by atoms with Gasteiger partial charge in [-0.15, -0.1) is 0 Å². The predicted octanol–water partition coefficient (Wildman–Crippen LogP) is 3.32. The summed E-state index contributed by atoms with van der Waals surface area (Å²) in [7, 11) is 3.79. The fourth-order valence-corrected chi connectivity index (χ4v) is 2.19. The van der Waals surface area contributed by atoms with Crippen LogP contribution in [0.25, 0.3) is 0 Å². The molecule has 1 atom stereocenters. The molecular formula is C15H25NO. The first kappa shape index (κ1) is 14.0. The zero-order valence-electron chi connectivity index (χ0n) is 11.5. The van der Waals surface area contributed by atoms with Gasteiger partial charge < -0.3 is 10.1 Å². The Labute approximate surface area is 105 Å². The molecule has 0 amide bonds. The molecule has 1 unspecified atom stereocenters. The molecule has 0 fully saturated rings. The van der Waals surface area contributed by atoms with Crippen molar-refractivity contribution in [1.82, 2.24) is 5.32 Å². The van der Waals surface area contributed by atoms with Crippen molar-refractivity contribution < 1.29 is 4.74 Å². The molecule has 1 N–H and O–H groups in total. The van der Waals surface area contributed by atoms with E-state index in [1.165, 1.54) is 30.4 Å². The summed E-state index contributed by atoms with van der Waals surface area (Å²) in [5, 5.41) is 3.35. The Bertz CT molecular complexity index is 332. The number of hydrogen-bond donors (Lipinski definition) is 1.